The molecule has 0 radical (unpaired) electrons. The number of halogens is 1. The first-order valence-corrected chi connectivity index (χ1v) is 12.7. The lowest BCUT2D eigenvalue weighted by Crippen LogP contribution is -2.28. The Labute approximate surface area is 207 Å². The van der Waals surface area contributed by atoms with E-state index in [2.05, 4.69) is 0 Å². The first-order chi connectivity index (χ1) is 16.9. The molecule has 0 bridgehead atoms. The topological polar surface area (TPSA) is 55.2 Å². The highest BCUT2D eigenvalue weighted by Crippen LogP contribution is 2.27. The molecule has 1 aliphatic heterocycles. The molecule has 0 aliphatic carbocycles. The molecule has 0 unspecified atom stereocenters. The summed E-state index contributed by atoms with van der Waals surface area (Å²) >= 11 is 1.31. The van der Waals surface area contributed by atoms with E-state index in [-0.39, 0.29) is 17.3 Å². The van der Waals surface area contributed by atoms with Crippen LogP contribution in [-0.4, -0.2) is 33.4 Å². The van der Waals surface area contributed by atoms with Crippen molar-refractivity contribution in [3.63, 3.8) is 0 Å². The van der Waals surface area contributed by atoms with Gasteiger partial charge in [-0.2, -0.15) is 0 Å². The lowest BCUT2D eigenvalue weighted by Gasteiger charge is -2.17. The van der Waals surface area contributed by atoms with Crippen LogP contribution in [0.2, 0.25) is 0 Å². The summed E-state index contributed by atoms with van der Waals surface area (Å²) in [5.41, 5.74) is 4.10. The molecule has 0 N–H and O–H groups in total. The smallest absolute Gasteiger partial charge is 0.266 e. The molecule has 35 heavy (non-hydrogen) atoms. The lowest BCUT2D eigenvalue weighted by atomic mass is 10.1. The highest BCUT2D eigenvalue weighted by atomic mass is 32.2. The zero-order valence-corrected chi connectivity index (χ0v) is 20.6. The van der Waals surface area contributed by atoms with Gasteiger partial charge in [-0.3, -0.25) is 14.2 Å². The number of benzene rings is 3. The molecule has 5 nitrogen and oxygen atoms in total. The van der Waals surface area contributed by atoms with E-state index in [0.29, 0.717) is 32.9 Å². The Morgan fingerprint density at radius 2 is 1.71 bits per heavy atom. The maximum absolute atomic E-state index is 14.3. The van der Waals surface area contributed by atoms with Gasteiger partial charge in [0.2, 0.25) is 0 Å². The fraction of sp³-hybridized carbons (Fsp3) is 0.250. The van der Waals surface area contributed by atoms with Crippen LogP contribution in [0.25, 0.3) is 16.6 Å². The van der Waals surface area contributed by atoms with Gasteiger partial charge in [-0.25, -0.2) is 9.37 Å². The Morgan fingerprint density at radius 1 is 1.00 bits per heavy atom. The highest BCUT2D eigenvalue weighted by Gasteiger charge is 2.21. The second-order valence-electron chi connectivity index (χ2n) is 8.99. The summed E-state index contributed by atoms with van der Waals surface area (Å²) in [6, 6.07) is 17.7. The Hall–Kier alpha value is -3.45. The number of rotatable bonds is 5. The number of carbonyl (C=O) groups is 1. The second kappa shape index (κ2) is 9.66. The third-order valence-electron chi connectivity index (χ3n) is 6.26. The van der Waals surface area contributed by atoms with Crippen molar-refractivity contribution in [2.24, 2.45) is 0 Å². The van der Waals surface area contributed by atoms with Crippen molar-refractivity contribution in [3.05, 3.63) is 99.1 Å². The molecule has 7 heteroatoms. The Bertz CT molecular complexity index is 1470. The third kappa shape index (κ3) is 4.73. The average Bonchev–Trinajstić information content (AvgIpc) is 3.37. The van der Waals surface area contributed by atoms with Gasteiger partial charge < -0.3 is 4.90 Å². The standard InChI is InChI=1S/C28H26FN3O2S/c1-18-13-19(2)15-22(14-18)32-27(34)23-10-9-20(26(33)31-11-5-6-12-31)16-25(23)30-28(32)35-17-21-7-3-4-8-24(21)29/h3-4,7-10,13-16H,5-6,11-12,17H2,1-2H3. The average molecular weight is 488 g/mol. The molecule has 0 atom stereocenters. The zero-order chi connectivity index (χ0) is 24.5. The summed E-state index contributed by atoms with van der Waals surface area (Å²) in [7, 11) is 0. The van der Waals surface area contributed by atoms with E-state index >= 15 is 0 Å². The minimum Gasteiger partial charge on any atom is -0.339 e. The number of thioether (sulfide) groups is 1. The maximum atomic E-state index is 14.3. The number of carbonyl (C=O) groups excluding carboxylic acids is 1. The van der Waals surface area contributed by atoms with Gasteiger partial charge in [-0.05, 0) is 79.8 Å². The Morgan fingerprint density at radius 3 is 2.43 bits per heavy atom. The summed E-state index contributed by atoms with van der Waals surface area (Å²) in [5.74, 6) is -0.00761. The van der Waals surface area contributed by atoms with Crippen molar-refractivity contribution in [3.8, 4) is 5.69 Å². The van der Waals surface area contributed by atoms with Gasteiger partial charge in [-0.1, -0.05) is 36.0 Å². The summed E-state index contributed by atoms with van der Waals surface area (Å²) in [5, 5.41) is 0.902. The molecule has 1 amide bonds. The molecule has 1 saturated heterocycles. The zero-order valence-electron chi connectivity index (χ0n) is 19.8. The van der Waals surface area contributed by atoms with E-state index in [0.717, 1.165) is 42.7 Å². The number of hydrogen-bond acceptors (Lipinski definition) is 4. The second-order valence-corrected chi connectivity index (χ2v) is 9.93. The molecular weight excluding hydrogens is 461 g/mol. The normalized spacial score (nSPS) is 13.5. The van der Waals surface area contributed by atoms with Crippen LogP contribution in [-0.2, 0) is 5.75 Å². The summed E-state index contributed by atoms with van der Waals surface area (Å²) in [4.78, 5) is 33.3. The van der Waals surface area contributed by atoms with Gasteiger partial charge in [0.25, 0.3) is 11.5 Å². The molecule has 4 aromatic rings. The number of nitrogens with zero attached hydrogens (tertiary/aromatic N) is 3. The van der Waals surface area contributed by atoms with Crippen LogP contribution < -0.4 is 5.56 Å². The SMILES string of the molecule is Cc1cc(C)cc(-n2c(SCc3ccccc3F)nc3cc(C(=O)N4CCCC4)ccc3c2=O)c1. The summed E-state index contributed by atoms with van der Waals surface area (Å²) < 4.78 is 15.9. The van der Waals surface area contributed by atoms with E-state index in [1.54, 1.807) is 41.0 Å². The van der Waals surface area contributed by atoms with Gasteiger partial charge in [-0.15, -0.1) is 0 Å². The van der Waals surface area contributed by atoms with Gasteiger partial charge in [0.1, 0.15) is 5.82 Å². The molecule has 3 aromatic carbocycles. The molecule has 1 fully saturated rings. The van der Waals surface area contributed by atoms with Crippen LogP contribution in [0.3, 0.4) is 0 Å². The van der Waals surface area contributed by atoms with Gasteiger partial charge in [0.15, 0.2) is 5.16 Å². The Kier molecular flexibility index (Phi) is 6.43. The molecule has 1 aliphatic rings. The van der Waals surface area contributed by atoms with E-state index in [4.69, 9.17) is 4.98 Å². The van der Waals surface area contributed by atoms with Gasteiger partial charge in [0, 0.05) is 24.4 Å². The Balaban J connectivity index is 1.64. The predicted molar refractivity (Wildman–Crippen MR) is 138 cm³/mol. The lowest BCUT2D eigenvalue weighted by molar-refractivity contribution is 0.0793. The molecule has 2 heterocycles. The van der Waals surface area contributed by atoms with Crippen molar-refractivity contribution >= 4 is 28.6 Å². The molecule has 0 saturated carbocycles. The predicted octanol–water partition coefficient (Wildman–Crippen LogP) is 5.67. The number of amides is 1. The fourth-order valence-corrected chi connectivity index (χ4v) is 5.56. The van der Waals surface area contributed by atoms with Crippen molar-refractivity contribution in [2.75, 3.05) is 13.1 Å². The van der Waals surface area contributed by atoms with E-state index in [9.17, 15) is 14.0 Å². The number of aryl methyl sites for hydroxylation is 2. The molecule has 5 rings (SSSR count). The van der Waals surface area contributed by atoms with Gasteiger partial charge in [0.05, 0.1) is 16.6 Å². The number of likely N-dealkylation sites (tertiary alicyclic amines) is 1. The van der Waals surface area contributed by atoms with Crippen molar-refractivity contribution < 1.29 is 9.18 Å². The maximum Gasteiger partial charge on any atom is 0.266 e. The van der Waals surface area contributed by atoms with Gasteiger partial charge >= 0.3 is 0 Å². The van der Waals surface area contributed by atoms with Crippen LogP contribution in [0.1, 0.15) is 39.9 Å². The van der Waals surface area contributed by atoms with Crippen molar-refractivity contribution in [2.45, 2.75) is 37.6 Å². The van der Waals surface area contributed by atoms with E-state index in [1.165, 1.54) is 17.8 Å². The fourth-order valence-electron chi connectivity index (χ4n) is 4.56. The number of fused-ring (bicyclic) bond motifs is 1. The van der Waals surface area contributed by atoms with E-state index in [1.807, 2.05) is 36.9 Å². The van der Waals surface area contributed by atoms with Crippen LogP contribution in [0, 0.1) is 19.7 Å². The minimum atomic E-state index is -0.292. The molecule has 178 valence electrons. The van der Waals surface area contributed by atoms with Crippen LogP contribution >= 0.6 is 11.8 Å². The minimum absolute atomic E-state index is 0.0368. The van der Waals surface area contributed by atoms with Crippen LogP contribution in [0.5, 0.6) is 0 Å². The van der Waals surface area contributed by atoms with Crippen LogP contribution in [0.4, 0.5) is 4.39 Å². The largest absolute Gasteiger partial charge is 0.339 e. The van der Waals surface area contributed by atoms with Crippen LogP contribution in [0.15, 0.2) is 70.6 Å². The quantitative estimate of drug-likeness (QED) is 0.269. The third-order valence-corrected chi connectivity index (χ3v) is 7.25. The first-order valence-electron chi connectivity index (χ1n) is 11.7. The molecule has 0 spiro atoms. The van der Waals surface area contributed by atoms with Crippen molar-refractivity contribution in [1.29, 1.82) is 0 Å². The van der Waals surface area contributed by atoms with Crippen molar-refractivity contribution in [1.82, 2.24) is 14.5 Å². The molecule has 1 aromatic heterocycles. The summed E-state index contributed by atoms with van der Waals surface area (Å²) in [6.45, 7) is 5.47. The summed E-state index contributed by atoms with van der Waals surface area (Å²) in [6.07, 6.45) is 2.02. The highest BCUT2D eigenvalue weighted by molar-refractivity contribution is 7.98. The monoisotopic (exact) mass is 487 g/mol. The van der Waals surface area contributed by atoms with E-state index < -0.39 is 0 Å². The first kappa shape index (κ1) is 23.3. The molecular formula is C28H26FN3O2S. The number of hydrogen-bond donors (Lipinski definition) is 0. The number of aromatic nitrogens is 2.